The Labute approximate surface area is 171 Å². The summed E-state index contributed by atoms with van der Waals surface area (Å²) in [7, 11) is 0. The van der Waals surface area contributed by atoms with Gasteiger partial charge in [-0.05, 0) is 25.1 Å². The number of nitrogens with zero attached hydrogens (tertiary/aromatic N) is 2. The van der Waals surface area contributed by atoms with Crippen LogP contribution in [0.2, 0.25) is 5.02 Å². The van der Waals surface area contributed by atoms with Crippen LogP contribution in [-0.4, -0.2) is 29.8 Å². The van der Waals surface area contributed by atoms with Crippen LogP contribution in [0.3, 0.4) is 0 Å². The molecule has 0 radical (unpaired) electrons. The molecule has 0 aliphatic heterocycles. The number of alkyl halides is 6. The molecule has 0 aliphatic rings. The fourth-order valence-electron chi connectivity index (χ4n) is 2.29. The molecule has 12 heteroatoms. The zero-order valence-electron chi connectivity index (χ0n) is 15.2. The highest BCUT2D eigenvalue weighted by Crippen LogP contribution is 2.32. The number of hydrogen-bond acceptors (Lipinski definition) is 4. The standard InChI is InChI=1S/C18H14ClF6N3O2/c1-2-30-28-14(15-13(19)7-10(8-26-15)17(20,21)22)9-27-16(29)11-5-3-4-6-12(11)18(23,24)25/h3-8H,2,9H2,1H3,(H,27,29)/b28-14+. The Kier molecular flexibility index (Phi) is 7.30. The topological polar surface area (TPSA) is 63.6 Å². The molecule has 1 aromatic heterocycles. The van der Waals surface area contributed by atoms with Gasteiger partial charge >= 0.3 is 12.4 Å². The number of rotatable bonds is 6. The van der Waals surface area contributed by atoms with Gasteiger partial charge in [-0.3, -0.25) is 9.78 Å². The number of halogens is 7. The van der Waals surface area contributed by atoms with Crippen molar-refractivity contribution in [2.45, 2.75) is 19.3 Å². The second-order valence-corrected chi connectivity index (χ2v) is 6.14. The lowest BCUT2D eigenvalue weighted by Gasteiger charge is -2.14. The summed E-state index contributed by atoms with van der Waals surface area (Å²) < 4.78 is 77.6. The fourth-order valence-corrected chi connectivity index (χ4v) is 2.57. The number of carbonyl (C=O) groups excluding carboxylic acids is 1. The average Bonchev–Trinajstić information content (AvgIpc) is 2.67. The predicted octanol–water partition coefficient (Wildman–Crippen LogP) is 4.94. The van der Waals surface area contributed by atoms with Crippen LogP contribution in [0.1, 0.15) is 34.1 Å². The summed E-state index contributed by atoms with van der Waals surface area (Å²) in [5.41, 5.74) is -3.27. The molecule has 0 spiro atoms. The van der Waals surface area contributed by atoms with Crippen LogP contribution in [0.4, 0.5) is 26.3 Å². The minimum Gasteiger partial charge on any atom is -0.396 e. The maximum Gasteiger partial charge on any atom is 0.417 e. The molecule has 0 aliphatic carbocycles. The molecule has 0 saturated heterocycles. The van der Waals surface area contributed by atoms with E-state index in [1.54, 1.807) is 6.92 Å². The lowest BCUT2D eigenvalue weighted by atomic mass is 10.1. The fraction of sp³-hybridized carbons (Fsp3) is 0.278. The van der Waals surface area contributed by atoms with E-state index in [0.717, 1.165) is 18.2 Å². The first-order valence-corrected chi connectivity index (χ1v) is 8.69. The summed E-state index contributed by atoms with van der Waals surface area (Å²) in [6.07, 6.45) is -8.92. The van der Waals surface area contributed by atoms with E-state index in [1.807, 2.05) is 0 Å². The molecular weight excluding hydrogens is 440 g/mol. The normalized spacial score (nSPS) is 12.6. The Morgan fingerprint density at radius 3 is 2.40 bits per heavy atom. The molecule has 2 rings (SSSR count). The molecular formula is C18H14ClF6N3O2. The zero-order valence-corrected chi connectivity index (χ0v) is 16.0. The minimum absolute atomic E-state index is 0.0760. The van der Waals surface area contributed by atoms with Crippen molar-refractivity contribution in [1.82, 2.24) is 10.3 Å². The number of aromatic nitrogens is 1. The number of pyridine rings is 1. The Hall–Kier alpha value is -2.82. The first-order valence-electron chi connectivity index (χ1n) is 8.31. The molecule has 0 unspecified atom stereocenters. The molecule has 0 saturated carbocycles. The smallest absolute Gasteiger partial charge is 0.396 e. The van der Waals surface area contributed by atoms with Crippen LogP contribution in [0.5, 0.6) is 0 Å². The van der Waals surface area contributed by atoms with Gasteiger partial charge in [0, 0.05) is 6.20 Å². The Bertz CT molecular complexity index is 944. The lowest BCUT2D eigenvalue weighted by Crippen LogP contribution is -2.32. The highest BCUT2D eigenvalue weighted by Gasteiger charge is 2.35. The number of benzene rings is 1. The zero-order chi connectivity index (χ0) is 22.5. The second-order valence-electron chi connectivity index (χ2n) is 5.73. The summed E-state index contributed by atoms with van der Waals surface area (Å²) in [6, 6.07) is 4.74. The van der Waals surface area contributed by atoms with Crippen LogP contribution in [0.25, 0.3) is 0 Å². The molecule has 5 nitrogen and oxygen atoms in total. The molecule has 1 heterocycles. The molecule has 162 valence electrons. The van der Waals surface area contributed by atoms with E-state index in [2.05, 4.69) is 15.5 Å². The van der Waals surface area contributed by atoms with Crippen LogP contribution < -0.4 is 5.32 Å². The summed E-state index contributed by atoms with van der Waals surface area (Å²) in [6.45, 7) is 1.15. The Morgan fingerprint density at radius 2 is 1.83 bits per heavy atom. The van der Waals surface area contributed by atoms with Crippen molar-refractivity contribution in [3.8, 4) is 0 Å². The van der Waals surface area contributed by atoms with Gasteiger partial charge in [0.05, 0.1) is 28.3 Å². The summed E-state index contributed by atoms with van der Waals surface area (Å²) in [5.74, 6) is -1.07. The van der Waals surface area contributed by atoms with Crippen molar-refractivity contribution >= 4 is 23.2 Å². The van der Waals surface area contributed by atoms with E-state index < -0.39 is 46.5 Å². The van der Waals surface area contributed by atoms with Gasteiger partial charge in [-0.2, -0.15) is 26.3 Å². The van der Waals surface area contributed by atoms with E-state index in [9.17, 15) is 31.1 Å². The predicted molar refractivity (Wildman–Crippen MR) is 96.2 cm³/mol. The molecule has 1 N–H and O–H groups in total. The largest absolute Gasteiger partial charge is 0.417 e. The van der Waals surface area contributed by atoms with Gasteiger partial charge in [-0.25, -0.2) is 0 Å². The molecule has 0 atom stereocenters. The third-order valence-corrected chi connectivity index (χ3v) is 3.93. The van der Waals surface area contributed by atoms with Crippen molar-refractivity contribution in [2.75, 3.05) is 13.2 Å². The quantitative estimate of drug-likeness (QED) is 0.383. The van der Waals surface area contributed by atoms with Gasteiger partial charge < -0.3 is 10.2 Å². The lowest BCUT2D eigenvalue weighted by molar-refractivity contribution is -0.138. The van der Waals surface area contributed by atoms with Crippen molar-refractivity contribution in [3.63, 3.8) is 0 Å². The van der Waals surface area contributed by atoms with E-state index >= 15 is 0 Å². The third kappa shape index (κ3) is 5.85. The maximum absolute atomic E-state index is 13.1. The Morgan fingerprint density at radius 1 is 1.17 bits per heavy atom. The van der Waals surface area contributed by atoms with Crippen molar-refractivity contribution in [2.24, 2.45) is 5.16 Å². The van der Waals surface area contributed by atoms with Crippen LogP contribution in [0, 0.1) is 0 Å². The minimum atomic E-state index is -4.76. The average molecular weight is 454 g/mol. The molecule has 0 fully saturated rings. The van der Waals surface area contributed by atoms with Crippen molar-refractivity contribution in [1.29, 1.82) is 0 Å². The van der Waals surface area contributed by atoms with Gasteiger partial charge in [0.1, 0.15) is 18.0 Å². The highest BCUT2D eigenvalue weighted by atomic mass is 35.5. The van der Waals surface area contributed by atoms with E-state index in [0.29, 0.717) is 12.3 Å². The van der Waals surface area contributed by atoms with Crippen LogP contribution >= 0.6 is 11.6 Å². The summed E-state index contributed by atoms with van der Waals surface area (Å²) in [5, 5.41) is 5.45. The number of nitrogens with one attached hydrogen (secondary N) is 1. The van der Waals surface area contributed by atoms with Gasteiger partial charge in [0.25, 0.3) is 5.91 Å². The van der Waals surface area contributed by atoms with Gasteiger partial charge in [0.15, 0.2) is 0 Å². The first kappa shape index (κ1) is 23.5. The number of oxime groups is 1. The number of amides is 1. The van der Waals surface area contributed by atoms with Crippen LogP contribution in [-0.2, 0) is 17.2 Å². The molecule has 1 aromatic carbocycles. The summed E-state index contributed by atoms with van der Waals surface area (Å²) >= 11 is 5.87. The second kappa shape index (κ2) is 9.33. The monoisotopic (exact) mass is 453 g/mol. The van der Waals surface area contributed by atoms with Gasteiger partial charge in [-0.1, -0.05) is 28.9 Å². The van der Waals surface area contributed by atoms with Crippen molar-refractivity contribution < 1.29 is 36.0 Å². The third-order valence-electron chi connectivity index (χ3n) is 3.64. The summed E-state index contributed by atoms with van der Waals surface area (Å²) in [4.78, 5) is 20.7. The van der Waals surface area contributed by atoms with E-state index in [-0.39, 0.29) is 18.0 Å². The SMILES string of the molecule is CCO/N=C(\CNC(=O)c1ccccc1C(F)(F)F)c1ncc(C(F)(F)F)cc1Cl. The van der Waals surface area contributed by atoms with Crippen molar-refractivity contribution in [3.05, 3.63) is 63.9 Å². The Balaban J connectivity index is 2.29. The molecule has 2 aromatic rings. The molecule has 1 amide bonds. The molecule has 30 heavy (non-hydrogen) atoms. The van der Waals surface area contributed by atoms with E-state index in [4.69, 9.17) is 16.4 Å². The molecule has 0 bridgehead atoms. The number of hydrogen-bond donors (Lipinski definition) is 1. The van der Waals surface area contributed by atoms with Gasteiger partial charge in [-0.15, -0.1) is 0 Å². The maximum atomic E-state index is 13.1. The van der Waals surface area contributed by atoms with E-state index in [1.165, 1.54) is 6.07 Å². The number of carbonyl (C=O) groups is 1. The van der Waals surface area contributed by atoms with Gasteiger partial charge in [0.2, 0.25) is 0 Å². The highest BCUT2D eigenvalue weighted by molar-refractivity contribution is 6.34. The van der Waals surface area contributed by atoms with Crippen LogP contribution in [0.15, 0.2) is 41.7 Å². The first-order chi connectivity index (χ1) is 13.9.